The van der Waals surface area contributed by atoms with Gasteiger partial charge in [-0.25, -0.2) is 0 Å². The van der Waals surface area contributed by atoms with Crippen LogP contribution in [-0.2, 0) is 6.42 Å². The van der Waals surface area contributed by atoms with Crippen LogP contribution in [-0.4, -0.2) is 0 Å². The van der Waals surface area contributed by atoms with E-state index in [0.717, 1.165) is 16.5 Å². The molecule has 2 rings (SSSR count). The fourth-order valence-corrected chi connectivity index (χ4v) is 2.06. The van der Waals surface area contributed by atoms with Crippen LogP contribution in [0.4, 0.5) is 0 Å². The number of fused-ring (bicyclic) bond motifs is 1. The lowest BCUT2D eigenvalue weighted by atomic mass is 10.1. The van der Waals surface area contributed by atoms with Crippen LogP contribution in [0.2, 0.25) is 0 Å². The molecule has 1 heterocycles. The summed E-state index contributed by atoms with van der Waals surface area (Å²) >= 11 is 3.50. The van der Waals surface area contributed by atoms with Crippen molar-refractivity contribution in [2.45, 2.75) is 20.3 Å². The van der Waals surface area contributed by atoms with Crippen molar-refractivity contribution in [1.29, 1.82) is 0 Å². The van der Waals surface area contributed by atoms with Gasteiger partial charge in [0.1, 0.15) is 5.58 Å². The second kappa shape index (κ2) is 3.18. The number of furan rings is 1. The van der Waals surface area contributed by atoms with Crippen molar-refractivity contribution in [2.24, 2.45) is 0 Å². The SMILES string of the molecule is CCc1cc(Br)cc2c(C)coc12. The molecule has 13 heavy (non-hydrogen) atoms. The molecular weight excluding hydrogens is 228 g/mol. The first-order valence-corrected chi connectivity index (χ1v) is 5.18. The zero-order valence-corrected chi connectivity index (χ0v) is 9.31. The number of hydrogen-bond acceptors (Lipinski definition) is 1. The molecule has 0 atom stereocenters. The van der Waals surface area contributed by atoms with Crippen molar-refractivity contribution in [3.63, 3.8) is 0 Å². The van der Waals surface area contributed by atoms with E-state index in [-0.39, 0.29) is 0 Å². The van der Waals surface area contributed by atoms with E-state index in [1.807, 2.05) is 6.26 Å². The molecule has 0 saturated heterocycles. The first kappa shape index (κ1) is 8.82. The van der Waals surface area contributed by atoms with Gasteiger partial charge in [-0.2, -0.15) is 0 Å². The third-order valence-electron chi connectivity index (χ3n) is 2.29. The van der Waals surface area contributed by atoms with Gasteiger partial charge in [-0.3, -0.25) is 0 Å². The Balaban J connectivity index is 2.84. The summed E-state index contributed by atoms with van der Waals surface area (Å²) in [6.45, 7) is 4.21. The van der Waals surface area contributed by atoms with Gasteiger partial charge in [-0.1, -0.05) is 22.9 Å². The van der Waals surface area contributed by atoms with Gasteiger partial charge in [-0.05, 0) is 36.6 Å². The molecule has 1 nitrogen and oxygen atoms in total. The predicted octanol–water partition coefficient (Wildman–Crippen LogP) is 4.07. The summed E-state index contributed by atoms with van der Waals surface area (Å²) in [4.78, 5) is 0. The van der Waals surface area contributed by atoms with Crippen LogP contribution in [0.3, 0.4) is 0 Å². The third-order valence-corrected chi connectivity index (χ3v) is 2.75. The number of rotatable bonds is 1. The second-order valence-electron chi connectivity index (χ2n) is 3.21. The van der Waals surface area contributed by atoms with E-state index in [0.29, 0.717) is 0 Å². The van der Waals surface area contributed by atoms with Crippen LogP contribution in [0.5, 0.6) is 0 Å². The van der Waals surface area contributed by atoms with Crippen LogP contribution in [0.1, 0.15) is 18.1 Å². The van der Waals surface area contributed by atoms with Crippen LogP contribution < -0.4 is 0 Å². The first-order chi connectivity index (χ1) is 6.22. The van der Waals surface area contributed by atoms with E-state index in [1.54, 1.807) is 0 Å². The molecule has 0 amide bonds. The van der Waals surface area contributed by atoms with E-state index >= 15 is 0 Å². The topological polar surface area (TPSA) is 13.1 Å². The molecule has 1 aromatic carbocycles. The molecule has 1 aromatic heterocycles. The number of aryl methyl sites for hydroxylation is 2. The third kappa shape index (κ3) is 1.39. The average molecular weight is 239 g/mol. The molecule has 0 aliphatic heterocycles. The standard InChI is InChI=1S/C11H11BrO/c1-3-8-4-9(12)5-10-7(2)6-13-11(8)10/h4-6H,3H2,1-2H3. The number of halogens is 1. The summed E-state index contributed by atoms with van der Waals surface area (Å²) in [5.74, 6) is 0. The smallest absolute Gasteiger partial charge is 0.137 e. The van der Waals surface area contributed by atoms with E-state index in [9.17, 15) is 0 Å². The highest BCUT2D eigenvalue weighted by Crippen LogP contribution is 2.28. The van der Waals surface area contributed by atoms with Gasteiger partial charge < -0.3 is 4.42 Å². The Hall–Kier alpha value is -0.760. The summed E-state index contributed by atoms with van der Waals surface area (Å²) in [6.07, 6.45) is 2.82. The Morgan fingerprint density at radius 2 is 2.15 bits per heavy atom. The van der Waals surface area contributed by atoms with Crippen molar-refractivity contribution in [1.82, 2.24) is 0 Å². The lowest BCUT2D eigenvalue weighted by Crippen LogP contribution is -1.81. The summed E-state index contributed by atoms with van der Waals surface area (Å²) < 4.78 is 6.63. The normalized spacial score (nSPS) is 11.0. The monoisotopic (exact) mass is 238 g/mol. The molecule has 2 heteroatoms. The highest BCUT2D eigenvalue weighted by molar-refractivity contribution is 9.10. The maximum absolute atomic E-state index is 5.50. The van der Waals surface area contributed by atoms with Crippen molar-refractivity contribution in [3.05, 3.63) is 34.0 Å². The molecular formula is C11H11BrO. The zero-order chi connectivity index (χ0) is 9.42. The van der Waals surface area contributed by atoms with Crippen molar-refractivity contribution in [2.75, 3.05) is 0 Å². The summed E-state index contributed by atoms with van der Waals surface area (Å²) in [5, 5.41) is 1.21. The number of benzene rings is 1. The Morgan fingerprint density at radius 1 is 1.38 bits per heavy atom. The Labute approximate surface area is 85.9 Å². The van der Waals surface area contributed by atoms with E-state index < -0.39 is 0 Å². The Morgan fingerprint density at radius 3 is 2.85 bits per heavy atom. The van der Waals surface area contributed by atoms with Gasteiger partial charge in [0.15, 0.2) is 0 Å². The minimum absolute atomic E-state index is 1.00. The Kier molecular flexibility index (Phi) is 2.16. The molecule has 0 aliphatic rings. The van der Waals surface area contributed by atoms with E-state index in [2.05, 4.69) is 41.9 Å². The lowest BCUT2D eigenvalue weighted by Gasteiger charge is -1.99. The lowest BCUT2D eigenvalue weighted by molar-refractivity contribution is 0.608. The molecule has 0 fully saturated rings. The molecule has 0 unspecified atom stereocenters. The fraction of sp³-hybridized carbons (Fsp3) is 0.273. The minimum Gasteiger partial charge on any atom is -0.464 e. The van der Waals surface area contributed by atoms with E-state index in [4.69, 9.17) is 4.42 Å². The van der Waals surface area contributed by atoms with Gasteiger partial charge in [-0.15, -0.1) is 0 Å². The number of hydrogen-bond donors (Lipinski definition) is 0. The van der Waals surface area contributed by atoms with Crippen LogP contribution in [0, 0.1) is 6.92 Å². The van der Waals surface area contributed by atoms with Crippen LogP contribution in [0.15, 0.2) is 27.3 Å². The molecule has 0 spiro atoms. The molecule has 0 aliphatic carbocycles. The van der Waals surface area contributed by atoms with Gasteiger partial charge in [0.25, 0.3) is 0 Å². The summed E-state index contributed by atoms with van der Waals surface area (Å²) in [7, 11) is 0. The maximum Gasteiger partial charge on any atom is 0.137 e. The van der Waals surface area contributed by atoms with Crippen LogP contribution >= 0.6 is 15.9 Å². The van der Waals surface area contributed by atoms with Gasteiger partial charge in [0, 0.05) is 9.86 Å². The quantitative estimate of drug-likeness (QED) is 0.731. The van der Waals surface area contributed by atoms with Crippen molar-refractivity contribution in [3.8, 4) is 0 Å². The molecule has 2 aromatic rings. The van der Waals surface area contributed by atoms with Crippen molar-refractivity contribution >= 4 is 26.9 Å². The fourth-order valence-electron chi connectivity index (χ4n) is 1.56. The largest absolute Gasteiger partial charge is 0.464 e. The highest BCUT2D eigenvalue weighted by Gasteiger charge is 2.07. The zero-order valence-electron chi connectivity index (χ0n) is 7.73. The Bertz CT molecular complexity index is 443. The highest BCUT2D eigenvalue weighted by atomic mass is 79.9. The molecule has 0 N–H and O–H groups in total. The summed E-state index contributed by atoms with van der Waals surface area (Å²) in [5.41, 5.74) is 3.49. The van der Waals surface area contributed by atoms with E-state index in [1.165, 1.54) is 16.5 Å². The molecule has 0 bridgehead atoms. The van der Waals surface area contributed by atoms with Gasteiger partial charge in [0.05, 0.1) is 6.26 Å². The first-order valence-electron chi connectivity index (χ1n) is 4.38. The van der Waals surface area contributed by atoms with Gasteiger partial charge in [0.2, 0.25) is 0 Å². The minimum atomic E-state index is 1.00. The molecule has 68 valence electrons. The predicted molar refractivity (Wildman–Crippen MR) is 58.0 cm³/mol. The maximum atomic E-state index is 5.50. The summed E-state index contributed by atoms with van der Waals surface area (Å²) in [6, 6.07) is 4.22. The van der Waals surface area contributed by atoms with Gasteiger partial charge >= 0.3 is 0 Å². The average Bonchev–Trinajstić information content (AvgIpc) is 2.47. The van der Waals surface area contributed by atoms with Crippen LogP contribution in [0.25, 0.3) is 11.0 Å². The van der Waals surface area contributed by atoms with Crippen molar-refractivity contribution < 1.29 is 4.42 Å². The molecule has 0 saturated carbocycles. The molecule has 0 radical (unpaired) electrons. The second-order valence-corrected chi connectivity index (χ2v) is 4.13.